The summed E-state index contributed by atoms with van der Waals surface area (Å²) < 4.78 is 9.09. The van der Waals surface area contributed by atoms with Crippen LogP contribution in [0.15, 0.2) is 104 Å². The van der Waals surface area contributed by atoms with Gasteiger partial charge in [-0.2, -0.15) is 4.98 Å². The lowest BCUT2D eigenvalue weighted by Crippen LogP contribution is -2.35. The van der Waals surface area contributed by atoms with Gasteiger partial charge in [0.2, 0.25) is 0 Å². The van der Waals surface area contributed by atoms with E-state index < -0.39 is 7.49 Å². The Hall–Kier alpha value is -3.56. The second kappa shape index (κ2) is 8.52. The van der Waals surface area contributed by atoms with E-state index in [1.807, 2.05) is 29.1 Å². The van der Waals surface area contributed by atoms with Crippen LogP contribution in [0.2, 0.25) is 0 Å². The Labute approximate surface area is 188 Å². The van der Waals surface area contributed by atoms with Crippen molar-refractivity contribution in [2.45, 2.75) is 19.9 Å². The summed E-state index contributed by atoms with van der Waals surface area (Å²) in [6.07, 6.45) is 3.37. The Balaban J connectivity index is 1.79. The molecule has 32 heavy (non-hydrogen) atoms. The monoisotopic (exact) mass is 439 g/mol. The first-order valence-electron chi connectivity index (χ1n) is 10.6. The van der Waals surface area contributed by atoms with Gasteiger partial charge < -0.3 is 9.09 Å². The fourth-order valence-corrected chi connectivity index (χ4v) is 7.30. The lowest BCUT2D eigenvalue weighted by Gasteiger charge is -2.25. The van der Waals surface area contributed by atoms with Crippen LogP contribution in [0.1, 0.15) is 19.9 Å². The highest BCUT2D eigenvalue weighted by molar-refractivity contribution is 7.92. The zero-order chi connectivity index (χ0) is 22.0. The van der Waals surface area contributed by atoms with E-state index in [1.165, 1.54) is 0 Å². The minimum absolute atomic E-state index is 0.236. The molecule has 0 saturated carbocycles. The summed E-state index contributed by atoms with van der Waals surface area (Å²) in [7, 11) is -2.53. The van der Waals surface area contributed by atoms with Gasteiger partial charge in [0, 0.05) is 6.04 Å². The van der Waals surface area contributed by atoms with Gasteiger partial charge in [0.25, 0.3) is 13.4 Å². The fraction of sp³-hybridized carbons (Fsp3) is 0.115. The van der Waals surface area contributed by atoms with Gasteiger partial charge in [-0.15, -0.1) is 0 Å². The highest BCUT2D eigenvalue weighted by atomic mass is 31.2. The third-order valence-electron chi connectivity index (χ3n) is 5.46. The maximum absolute atomic E-state index is 7.05. The van der Waals surface area contributed by atoms with Crippen LogP contribution in [-0.4, -0.2) is 19.5 Å². The second-order valence-electron chi connectivity index (χ2n) is 7.80. The molecule has 0 aliphatic heterocycles. The number of benzene rings is 3. The van der Waals surface area contributed by atoms with Crippen molar-refractivity contribution in [3.05, 3.63) is 104 Å². The summed E-state index contributed by atoms with van der Waals surface area (Å²) in [5.74, 6) is 0.499. The van der Waals surface area contributed by atoms with Crippen molar-refractivity contribution in [3.8, 4) is 5.88 Å². The van der Waals surface area contributed by atoms with E-state index in [2.05, 4.69) is 102 Å². The first-order chi connectivity index (χ1) is 15.7. The van der Waals surface area contributed by atoms with E-state index in [-0.39, 0.29) is 6.04 Å². The van der Waals surface area contributed by atoms with Crippen LogP contribution in [0.25, 0.3) is 11.2 Å². The zero-order valence-electron chi connectivity index (χ0n) is 18.0. The van der Waals surface area contributed by atoms with Gasteiger partial charge in [0.05, 0.1) is 6.33 Å². The van der Waals surface area contributed by atoms with Gasteiger partial charge in [-0.25, -0.2) is 9.97 Å². The molecule has 0 bridgehead atoms. The van der Waals surface area contributed by atoms with Crippen LogP contribution in [0, 0.1) is 0 Å². The largest absolute Gasteiger partial charge is 0.313 e. The molecule has 6 heteroatoms. The standard InChI is InChI=1S/C26H24N4OP/c1-20(2)30-19-29-24-25(30)27-18-28-26(24)31-32(21-12-6-3-7-13-21,22-14-8-4-9-15-22)23-16-10-5-11-17-23/h3-20H,1-2H3/q+1. The number of rotatable bonds is 6. The van der Waals surface area contributed by atoms with Gasteiger partial charge in [-0.05, 0) is 50.2 Å². The Morgan fingerprint density at radius 2 is 1.19 bits per heavy atom. The molecule has 0 aliphatic rings. The molecule has 0 N–H and O–H groups in total. The Kier molecular flexibility index (Phi) is 5.42. The molecule has 5 aromatic rings. The number of imidazole rings is 1. The summed E-state index contributed by atoms with van der Waals surface area (Å²) in [6.45, 7) is 4.22. The van der Waals surface area contributed by atoms with Gasteiger partial charge in [0.1, 0.15) is 22.2 Å². The van der Waals surface area contributed by atoms with Crippen molar-refractivity contribution in [1.82, 2.24) is 19.5 Å². The van der Waals surface area contributed by atoms with Crippen molar-refractivity contribution in [2.24, 2.45) is 0 Å². The molecule has 5 nitrogen and oxygen atoms in total. The highest BCUT2D eigenvalue weighted by Crippen LogP contribution is 2.56. The van der Waals surface area contributed by atoms with E-state index in [0.717, 1.165) is 21.6 Å². The smallest absolute Gasteiger partial charge is 0.297 e. The predicted molar refractivity (Wildman–Crippen MR) is 131 cm³/mol. The Bertz CT molecular complexity index is 1220. The van der Waals surface area contributed by atoms with Crippen LogP contribution in [0.4, 0.5) is 0 Å². The number of hydrogen-bond acceptors (Lipinski definition) is 4. The first-order valence-corrected chi connectivity index (χ1v) is 12.3. The Morgan fingerprint density at radius 1 is 0.688 bits per heavy atom. The van der Waals surface area contributed by atoms with E-state index in [0.29, 0.717) is 11.4 Å². The maximum Gasteiger partial charge on any atom is 0.297 e. The first kappa shape index (κ1) is 20.3. The molecule has 0 amide bonds. The van der Waals surface area contributed by atoms with Gasteiger partial charge in [-0.1, -0.05) is 54.6 Å². The van der Waals surface area contributed by atoms with Crippen molar-refractivity contribution in [3.63, 3.8) is 0 Å². The van der Waals surface area contributed by atoms with Crippen LogP contribution in [-0.2, 0) is 0 Å². The molecule has 5 rings (SSSR count). The third-order valence-corrected chi connectivity index (χ3v) is 8.99. The second-order valence-corrected chi connectivity index (χ2v) is 10.8. The van der Waals surface area contributed by atoms with E-state index in [1.54, 1.807) is 6.33 Å². The average Bonchev–Trinajstić information content (AvgIpc) is 3.30. The van der Waals surface area contributed by atoms with Crippen LogP contribution < -0.4 is 20.4 Å². The van der Waals surface area contributed by atoms with E-state index >= 15 is 0 Å². The summed E-state index contributed by atoms with van der Waals surface area (Å²) in [4.78, 5) is 13.7. The van der Waals surface area contributed by atoms with Crippen molar-refractivity contribution < 1.29 is 4.52 Å². The highest BCUT2D eigenvalue weighted by Gasteiger charge is 2.50. The van der Waals surface area contributed by atoms with Crippen molar-refractivity contribution >= 4 is 34.6 Å². The molecule has 0 radical (unpaired) electrons. The van der Waals surface area contributed by atoms with Gasteiger partial charge >= 0.3 is 0 Å². The molecule has 0 spiro atoms. The average molecular weight is 439 g/mol. The van der Waals surface area contributed by atoms with Crippen molar-refractivity contribution in [2.75, 3.05) is 0 Å². The molecule has 3 aromatic carbocycles. The summed E-state index contributed by atoms with van der Waals surface area (Å²) in [5.41, 5.74) is 1.45. The minimum atomic E-state index is -2.53. The Morgan fingerprint density at radius 3 is 1.66 bits per heavy atom. The molecule has 0 unspecified atom stereocenters. The summed E-state index contributed by atoms with van der Waals surface area (Å²) in [6, 6.07) is 31.5. The molecule has 2 aromatic heterocycles. The molecule has 0 atom stereocenters. The number of fused-ring (bicyclic) bond motifs is 1. The lowest BCUT2D eigenvalue weighted by atomic mass is 10.4. The number of nitrogens with zero attached hydrogens (tertiary/aromatic N) is 4. The van der Waals surface area contributed by atoms with Crippen LogP contribution in [0.5, 0.6) is 5.88 Å². The van der Waals surface area contributed by atoms with E-state index in [9.17, 15) is 0 Å². The van der Waals surface area contributed by atoms with Crippen LogP contribution in [0.3, 0.4) is 0 Å². The number of hydrogen-bond donors (Lipinski definition) is 0. The fourth-order valence-electron chi connectivity index (χ4n) is 3.92. The molecule has 0 aliphatic carbocycles. The molecular weight excluding hydrogens is 415 g/mol. The maximum atomic E-state index is 7.05. The zero-order valence-corrected chi connectivity index (χ0v) is 18.9. The predicted octanol–water partition coefficient (Wildman–Crippen LogP) is 4.70. The van der Waals surface area contributed by atoms with Gasteiger partial charge in [0.15, 0.2) is 11.2 Å². The normalized spacial score (nSPS) is 11.7. The van der Waals surface area contributed by atoms with Crippen LogP contribution >= 0.6 is 7.49 Å². The quantitative estimate of drug-likeness (QED) is 0.360. The molecule has 0 saturated heterocycles. The van der Waals surface area contributed by atoms with E-state index in [4.69, 9.17) is 4.52 Å². The minimum Gasteiger partial charge on any atom is -0.313 e. The molecule has 2 heterocycles. The summed E-state index contributed by atoms with van der Waals surface area (Å²) >= 11 is 0. The molecule has 158 valence electrons. The third kappa shape index (κ3) is 3.45. The topological polar surface area (TPSA) is 52.8 Å². The summed E-state index contributed by atoms with van der Waals surface area (Å²) in [5, 5.41) is 3.35. The number of aromatic nitrogens is 4. The molecular formula is C26H24N4OP+. The van der Waals surface area contributed by atoms with Crippen molar-refractivity contribution in [1.29, 1.82) is 0 Å². The molecule has 0 fully saturated rings. The van der Waals surface area contributed by atoms with Gasteiger partial charge in [-0.3, -0.25) is 0 Å². The SMILES string of the molecule is CC(C)n1cnc2c(O[P+](c3ccccc3)(c3ccccc3)c3ccccc3)ncnc21. The lowest BCUT2D eigenvalue weighted by molar-refractivity contribution is 0.594.